The number of aliphatic hydroxyl groups is 1. The molecule has 1 aromatic carbocycles. The number of benzene rings is 1. The maximum atomic E-state index is 10.6. The summed E-state index contributed by atoms with van der Waals surface area (Å²) in [7, 11) is 0. The minimum atomic E-state index is -0.196. The molecule has 0 saturated heterocycles. The molecule has 0 amide bonds. The lowest BCUT2D eigenvalue weighted by molar-refractivity contribution is -0.00283. The summed E-state index contributed by atoms with van der Waals surface area (Å²) in [6.45, 7) is 17.5. The summed E-state index contributed by atoms with van der Waals surface area (Å²) in [6, 6.07) is 4.09. The molecule has 1 saturated carbocycles. The van der Waals surface area contributed by atoms with Crippen molar-refractivity contribution in [2.24, 2.45) is 17.3 Å². The first-order valence-corrected chi connectivity index (χ1v) is 10.4. The fraction of sp³-hybridized carbons (Fsp3) is 0.727. The van der Waals surface area contributed by atoms with Crippen molar-refractivity contribution in [2.45, 2.75) is 89.9 Å². The third-order valence-electron chi connectivity index (χ3n) is 5.69. The van der Waals surface area contributed by atoms with E-state index in [2.05, 4.69) is 61.5 Å². The molecular formula is C22H36O2S. The summed E-state index contributed by atoms with van der Waals surface area (Å²) in [5, 5.41) is 21.4. The fourth-order valence-electron chi connectivity index (χ4n) is 4.00. The van der Waals surface area contributed by atoms with E-state index in [1.165, 1.54) is 4.90 Å². The van der Waals surface area contributed by atoms with Gasteiger partial charge in [-0.3, -0.25) is 0 Å². The smallest absolute Gasteiger partial charge is 0.119 e. The Morgan fingerprint density at radius 1 is 1.04 bits per heavy atom. The normalized spacial score (nSPS) is 28.2. The fourth-order valence-corrected chi connectivity index (χ4v) is 5.40. The van der Waals surface area contributed by atoms with Gasteiger partial charge in [-0.05, 0) is 60.1 Å². The van der Waals surface area contributed by atoms with Crippen LogP contribution in [0.4, 0.5) is 0 Å². The van der Waals surface area contributed by atoms with Crippen molar-refractivity contribution in [3.05, 3.63) is 23.3 Å². The summed E-state index contributed by atoms with van der Waals surface area (Å²) in [6.07, 6.45) is 1.72. The van der Waals surface area contributed by atoms with Crippen LogP contribution in [0.2, 0.25) is 0 Å². The molecule has 2 N–H and O–H groups in total. The highest BCUT2D eigenvalue weighted by Gasteiger charge is 2.40. The van der Waals surface area contributed by atoms with E-state index in [0.29, 0.717) is 22.8 Å². The van der Waals surface area contributed by atoms with Crippen LogP contribution >= 0.6 is 11.8 Å². The summed E-state index contributed by atoms with van der Waals surface area (Å²) in [5.41, 5.74) is 2.20. The summed E-state index contributed by atoms with van der Waals surface area (Å²) >= 11 is 1.94. The molecule has 1 aliphatic rings. The summed E-state index contributed by atoms with van der Waals surface area (Å²) < 4.78 is 0. The van der Waals surface area contributed by atoms with Gasteiger partial charge < -0.3 is 10.2 Å². The Labute approximate surface area is 158 Å². The van der Waals surface area contributed by atoms with Gasteiger partial charge in [-0.15, -0.1) is 11.8 Å². The second-order valence-electron chi connectivity index (χ2n) is 10.0. The molecule has 0 radical (unpaired) electrons. The lowest BCUT2D eigenvalue weighted by Gasteiger charge is -2.44. The number of hydrogen-bond donors (Lipinski definition) is 2. The molecule has 0 spiro atoms. The molecule has 1 aliphatic carbocycles. The molecule has 3 heteroatoms. The molecule has 4 atom stereocenters. The number of aliphatic hydroxyl groups excluding tert-OH is 1. The second-order valence-corrected chi connectivity index (χ2v) is 11.3. The van der Waals surface area contributed by atoms with Gasteiger partial charge in [0.05, 0.1) is 6.10 Å². The molecule has 0 bridgehead atoms. The van der Waals surface area contributed by atoms with Crippen LogP contribution < -0.4 is 0 Å². The Morgan fingerprint density at radius 3 is 2.16 bits per heavy atom. The van der Waals surface area contributed by atoms with Crippen molar-refractivity contribution in [3.63, 3.8) is 0 Å². The lowest BCUT2D eigenvalue weighted by Crippen LogP contribution is -2.42. The maximum absolute atomic E-state index is 10.6. The Kier molecular flexibility index (Phi) is 5.90. The van der Waals surface area contributed by atoms with Crippen molar-refractivity contribution in [2.75, 3.05) is 0 Å². The largest absolute Gasteiger partial charge is 0.508 e. The number of phenolic OH excluding ortho intramolecular Hbond substituents is 1. The van der Waals surface area contributed by atoms with E-state index in [1.54, 1.807) is 0 Å². The maximum Gasteiger partial charge on any atom is 0.119 e. The van der Waals surface area contributed by atoms with Crippen LogP contribution in [0, 0.1) is 24.2 Å². The van der Waals surface area contributed by atoms with E-state index in [0.717, 1.165) is 24.0 Å². The highest BCUT2D eigenvalue weighted by molar-refractivity contribution is 8.00. The molecular weight excluding hydrogens is 328 g/mol. The number of phenols is 1. The van der Waals surface area contributed by atoms with Gasteiger partial charge in [0.2, 0.25) is 0 Å². The van der Waals surface area contributed by atoms with Crippen molar-refractivity contribution in [3.8, 4) is 5.75 Å². The summed E-state index contributed by atoms with van der Waals surface area (Å²) in [4.78, 5) is 1.27. The van der Waals surface area contributed by atoms with Gasteiger partial charge in [0.25, 0.3) is 0 Å². The third kappa shape index (κ3) is 4.74. The highest BCUT2D eigenvalue weighted by atomic mass is 32.2. The number of thioether (sulfide) groups is 1. The van der Waals surface area contributed by atoms with Crippen LogP contribution in [-0.4, -0.2) is 21.6 Å². The molecule has 0 aliphatic heterocycles. The SMILES string of the molecule is Cc1cc(O)c(C(C)(C)C)cc1SC1C[C@H](C(C)(C)C)C(O)CC1C. The van der Waals surface area contributed by atoms with Crippen LogP contribution in [0.3, 0.4) is 0 Å². The molecule has 0 aromatic heterocycles. The Morgan fingerprint density at radius 2 is 1.64 bits per heavy atom. The van der Waals surface area contributed by atoms with Gasteiger partial charge in [-0.2, -0.15) is 0 Å². The average Bonchev–Trinajstić information content (AvgIpc) is 2.41. The number of hydrogen-bond acceptors (Lipinski definition) is 3. The van der Waals surface area contributed by atoms with E-state index in [-0.39, 0.29) is 16.9 Å². The first kappa shape index (κ1) is 20.6. The minimum Gasteiger partial charge on any atom is -0.508 e. The predicted octanol–water partition coefficient (Wildman–Crippen LogP) is 5.91. The first-order valence-electron chi connectivity index (χ1n) is 9.49. The Bertz CT molecular complexity index is 610. The monoisotopic (exact) mass is 364 g/mol. The van der Waals surface area contributed by atoms with Crippen molar-refractivity contribution in [1.82, 2.24) is 0 Å². The van der Waals surface area contributed by atoms with Crippen molar-refractivity contribution in [1.29, 1.82) is 0 Å². The number of aryl methyl sites for hydroxylation is 1. The second kappa shape index (κ2) is 7.15. The third-order valence-corrected chi connectivity index (χ3v) is 7.34. The molecule has 0 heterocycles. The first-order chi connectivity index (χ1) is 11.3. The van der Waals surface area contributed by atoms with E-state index in [9.17, 15) is 10.2 Å². The van der Waals surface area contributed by atoms with Gasteiger partial charge >= 0.3 is 0 Å². The summed E-state index contributed by atoms with van der Waals surface area (Å²) in [5.74, 6) is 1.22. The van der Waals surface area contributed by atoms with E-state index >= 15 is 0 Å². The zero-order valence-electron chi connectivity index (χ0n) is 17.2. The molecule has 25 heavy (non-hydrogen) atoms. The van der Waals surface area contributed by atoms with Crippen LogP contribution in [0.1, 0.15) is 72.4 Å². The lowest BCUT2D eigenvalue weighted by atomic mass is 9.68. The van der Waals surface area contributed by atoms with Gasteiger partial charge in [-0.25, -0.2) is 0 Å². The van der Waals surface area contributed by atoms with Crippen LogP contribution in [-0.2, 0) is 5.41 Å². The van der Waals surface area contributed by atoms with E-state index < -0.39 is 0 Å². The van der Waals surface area contributed by atoms with Crippen LogP contribution in [0.25, 0.3) is 0 Å². The minimum absolute atomic E-state index is 0.0740. The van der Waals surface area contributed by atoms with Crippen LogP contribution in [0.5, 0.6) is 5.75 Å². The van der Waals surface area contributed by atoms with Crippen molar-refractivity contribution < 1.29 is 10.2 Å². The topological polar surface area (TPSA) is 40.5 Å². The molecule has 1 fully saturated rings. The predicted molar refractivity (Wildman–Crippen MR) is 109 cm³/mol. The quantitative estimate of drug-likeness (QED) is 0.685. The van der Waals surface area contributed by atoms with Crippen LogP contribution in [0.15, 0.2) is 17.0 Å². The standard InChI is InChI=1S/C22H36O2S/c1-13-9-17(23)15(21(3,4)5)11-19(13)25-20-12-16(22(6,7)8)18(24)10-14(20)2/h9,11,14,16,18,20,23-24H,10,12H2,1-8H3/t14?,16-,18?,20?/m0/s1. The van der Waals surface area contributed by atoms with E-state index in [4.69, 9.17) is 0 Å². The molecule has 3 unspecified atom stereocenters. The molecule has 1 aromatic rings. The Balaban J connectivity index is 2.29. The Hall–Kier alpha value is -0.670. The molecule has 2 rings (SSSR count). The molecule has 142 valence electrons. The van der Waals surface area contributed by atoms with Gasteiger partial charge in [0.15, 0.2) is 0 Å². The van der Waals surface area contributed by atoms with E-state index in [1.807, 2.05) is 17.8 Å². The number of rotatable bonds is 2. The van der Waals surface area contributed by atoms with Gasteiger partial charge in [-0.1, -0.05) is 48.5 Å². The number of aromatic hydroxyl groups is 1. The highest BCUT2D eigenvalue weighted by Crippen LogP contribution is 2.47. The zero-order chi connectivity index (χ0) is 19.2. The van der Waals surface area contributed by atoms with Gasteiger partial charge in [0.1, 0.15) is 5.75 Å². The zero-order valence-corrected chi connectivity index (χ0v) is 18.0. The molecule has 2 nitrogen and oxygen atoms in total. The van der Waals surface area contributed by atoms with Gasteiger partial charge in [0, 0.05) is 15.7 Å². The van der Waals surface area contributed by atoms with Crippen molar-refractivity contribution >= 4 is 11.8 Å². The average molecular weight is 365 g/mol.